The number of hydrogen-bond donors (Lipinski definition) is 1. The predicted octanol–water partition coefficient (Wildman–Crippen LogP) is 2.30. The van der Waals surface area contributed by atoms with Crippen molar-refractivity contribution >= 4 is 5.97 Å². The fraction of sp³-hybridized carbons (Fsp3) is 0.500. The maximum Gasteiger partial charge on any atom is 0.307 e. The zero-order valence-corrected chi connectivity index (χ0v) is 11.4. The molecule has 4 heteroatoms. The highest BCUT2D eigenvalue weighted by Crippen LogP contribution is 2.19. The molecule has 1 rings (SSSR count). The molecule has 18 heavy (non-hydrogen) atoms. The second-order valence-corrected chi connectivity index (χ2v) is 4.35. The molecule has 0 spiro atoms. The van der Waals surface area contributed by atoms with E-state index in [0.29, 0.717) is 6.42 Å². The Morgan fingerprint density at radius 2 is 2.06 bits per heavy atom. The minimum atomic E-state index is -0.201. The summed E-state index contributed by atoms with van der Waals surface area (Å²) in [5.41, 5.74) is 1.13. The van der Waals surface area contributed by atoms with E-state index >= 15 is 0 Å². The molecule has 0 aliphatic carbocycles. The van der Waals surface area contributed by atoms with Gasteiger partial charge in [0.05, 0.1) is 20.6 Å². The van der Waals surface area contributed by atoms with Gasteiger partial charge in [-0.2, -0.15) is 0 Å². The lowest BCUT2D eigenvalue weighted by atomic mass is 10.1. The minimum absolute atomic E-state index is 0.0682. The number of esters is 1. The maximum atomic E-state index is 11.2. The van der Waals surface area contributed by atoms with Gasteiger partial charge in [0.25, 0.3) is 0 Å². The molecule has 0 aliphatic heterocycles. The van der Waals surface area contributed by atoms with Crippen LogP contribution in [0.3, 0.4) is 0 Å². The van der Waals surface area contributed by atoms with Gasteiger partial charge in [-0.3, -0.25) is 4.79 Å². The number of ether oxygens (including phenoxy) is 2. The minimum Gasteiger partial charge on any atom is -0.497 e. The Hall–Kier alpha value is -1.55. The van der Waals surface area contributed by atoms with Crippen LogP contribution < -0.4 is 10.1 Å². The van der Waals surface area contributed by atoms with Crippen LogP contribution in [0, 0.1) is 0 Å². The van der Waals surface area contributed by atoms with Crippen LogP contribution in [-0.4, -0.2) is 26.2 Å². The third-order valence-electron chi connectivity index (χ3n) is 2.83. The third-order valence-corrected chi connectivity index (χ3v) is 2.83. The normalized spacial score (nSPS) is 13.8. The van der Waals surface area contributed by atoms with E-state index in [1.165, 1.54) is 7.11 Å². The van der Waals surface area contributed by atoms with E-state index in [2.05, 4.69) is 17.0 Å². The SMILES string of the molecule is COC(=O)CC(C)N[C@H](C)c1cccc(OC)c1. The van der Waals surface area contributed by atoms with Gasteiger partial charge in [-0.05, 0) is 31.5 Å². The zero-order chi connectivity index (χ0) is 13.5. The molecule has 1 N–H and O–H groups in total. The molecule has 0 aromatic heterocycles. The Kier molecular flexibility index (Phi) is 5.65. The van der Waals surface area contributed by atoms with Crippen molar-refractivity contribution in [2.75, 3.05) is 14.2 Å². The molecule has 0 saturated heterocycles. The number of rotatable bonds is 6. The van der Waals surface area contributed by atoms with Crippen LogP contribution in [-0.2, 0) is 9.53 Å². The van der Waals surface area contributed by atoms with Crippen LogP contribution >= 0.6 is 0 Å². The van der Waals surface area contributed by atoms with Crippen LogP contribution in [0.4, 0.5) is 0 Å². The Balaban J connectivity index is 2.58. The molecule has 4 nitrogen and oxygen atoms in total. The summed E-state index contributed by atoms with van der Waals surface area (Å²) < 4.78 is 9.84. The van der Waals surface area contributed by atoms with Gasteiger partial charge >= 0.3 is 5.97 Å². The van der Waals surface area contributed by atoms with Crippen molar-refractivity contribution < 1.29 is 14.3 Å². The first-order valence-electron chi connectivity index (χ1n) is 6.03. The number of hydrogen-bond acceptors (Lipinski definition) is 4. The summed E-state index contributed by atoms with van der Waals surface area (Å²) >= 11 is 0. The summed E-state index contributed by atoms with van der Waals surface area (Å²) in [4.78, 5) is 11.2. The molecule has 0 heterocycles. The van der Waals surface area contributed by atoms with Crippen LogP contribution in [0.5, 0.6) is 5.75 Å². The molecular weight excluding hydrogens is 230 g/mol. The van der Waals surface area contributed by atoms with Crippen molar-refractivity contribution in [3.8, 4) is 5.75 Å². The van der Waals surface area contributed by atoms with Crippen molar-refractivity contribution in [1.29, 1.82) is 0 Å². The monoisotopic (exact) mass is 251 g/mol. The molecule has 100 valence electrons. The summed E-state index contributed by atoms with van der Waals surface area (Å²) in [6.45, 7) is 4.02. The number of carbonyl (C=O) groups is 1. The van der Waals surface area contributed by atoms with E-state index in [4.69, 9.17) is 4.74 Å². The smallest absolute Gasteiger partial charge is 0.307 e. The maximum absolute atomic E-state index is 11.2. The van der Waals surface area contributed by atoms with Crippen molar-refractivity contribution in [3.05, 3.63) is 29.8 Å². The lowest BCUT2D eigenvalue weighted by Gasteiger charge is -2.20. The molecule has 0 aliphatic rings. The summed E-state index contributed by atoms with van der Waals surface area (Å²) in [6, 6.07) is 8.11. The molecule has 0 bridgehead atoms. The predicted molar refractivity (Wildman–Crippen MR) is 70.6 cm³/mol. The highest BCUT2D eigenvalue weighted by atomic mass is 16.5. The van der Waals surface area contributed by atoms with Gasteiger partial charge < -0.3 is 14.8 Å². The van der Waals surface area contributed by atoms with E-state index in [-0.39, 0.29) is 18.1 Å². The summed E-state index contributed by atoms with van der Waals surface area (Å²) in [7, 11) is 3.05. The number of nitrogens with one attached hydrogen (secondary N) is 1. The Morgan fingerprint density at radius 1 is 1.33 bits per heavy atom. The Labute approximate surface area is 108 Å². The van der Waals surface area contributed by atoms with E-state index in [9.17, 15) is 4.79 Å². The molecule has 0 saturated carbocycles. The van der Waals surface area contributed by atoms with Crippen LogP contribution in [0.1, 0.15) is 31.9 Å². The van der Waals surface area contributed by atoms with Gasteiger partial charge in [-0.15, -0.1) is 0 Å². The lowest BCUT2D eigenvalue weighted by Crippen LogP contribution is -2.31. The zero-order valence-electron chi connectivity index (χ0n) is 11.4. The average molecular weight is 251 g/mol. The first-order valence-corrected chi connectivity index (χ1v) is 6.03. The van der Waals surface area contributed by atoms with Gasteiger partial charge in [-0.25, -0.2) is 0 Å². The highest BCUT2D eigenvalue weighted by molar-refractivity contribution is 5.69. The Morgan fingerprint density at radius 3 is 2.67 bits per heavy atom. The average Bonchev–Trinajstić information content (AvgIpc) is 2.38. The van der Waals surface area contributed by atoms with Crippen molar-refractivity contribution in [3.63, 3.8) is 0 Å². The van der Waals surface area contributed by atoms with E-state index in [1.807, 2.05) is 31.2 Å². The van der Waals surface area contributed by atoms with Gasteiger partial charge in [-0.1, -0.05) is 12.1 Å². The molecule has 1 aromatic rings. The van der Waals surface area contributed by atoms with E-state index in [1.54, 1.807) is 7.11 Å². The molecular formula is C14H21NO3. The van der Waals surface area contributed by atoms with Crippen LogP contribution in [0.2, 0.25) is 0 Å². The third kappa shape index (κ3) is 4.37. The fourth-order valence-electron chi connectivity index (χ4n) is 1.83. The summed E-state index contributed by atoms with van der Waals surface area (Å²) in [6.07, 6.45) is 0.366. The second-order valence-electron chi connectivity index (χ2n) is 4.35. The summed E-state index contributed by atoms with van der Waals surface area (Å²) in [5, 5.41) is 3.36. The summed E-state index contributed by atoms with van der Waals surface area (Å²) in [5.74, 6) is 0.634. The van der Waals surface area contributed by atoms with Crippen molar-refractivity contribution in [2.24, 2.45) is 0 Å². The van der Waals surface area contributed by atoms with Crippen molar-refractivity contribution in [2.45, 2.75) is 32.4 Å². The largest absolute Gasteiger partial charge is 0.497 e. The fourth-order valence-corrected chi connectivity index (χ4v) is 1.83. The number of methoxy groups -OCH3 is 2. The van der Waals surface area contributed by atoms with E-state index < -0.39 is 0 Å². The first-order chi connectivity index (χ1) is 8.56. The van der Waals surface area contributed by atoms with Gasteiger partial charge in [0, 0.05) is 12.1 Å². The molecule has 1 aromatic carbocycles. The Bertz CT molecular complexity index is 392. The van der Waals surface area contributed by atoms with Gasteiger partial charge in [0.1, 0.15) is 5.75 Å². The van der Waals surface area contributed by atoms with Gasteiger partial charge in [0.15, 0.2) is 0 Å². The van der Waals surface area contributed by atoms with Crippen LogP contribution in [0.25, 0.3) is 0 Å². The first kappa shape index (κ1) is 14.5. The second kappa shape index (κ2) is 7.01. The standard InChI is InChI=1S/C14H21NO3/c1-10(8-14(16)18-4)15-11(2)12-6-5-7-13(9-12)17-3/h5-7,9-11,15H,8H2,1-4H3/t10?,11-/m1/s1. The molecule has 0 amide bonds. The van der Waals surface area contributed by atoms with E-state index in [0.717, 1.165) is 11.3 Å². The number of benzene rings is 1. The molecule has 0 fully saturated rings. The topological polar surface area (TPSA) is 47.6 Å². The number of carbonyl (C=O) groups excluding carboxylic acids is 1. The van der Waals surface area contributed by atoms with Crippen LogP contribution in [0.15, 0.2) is 24.3 Å². The quantitative estimate of drug-likeness (QED) is 0.788. The molecule has 0 radical (unpaired) electrons. The molecule has 2 atom stereocenters. The lowest BCUT2D eigenvalue weighted by molar-refractivity contribution is -0.141. The highest BCUT2D eigenvalue weighted by Gasteiger charge is 2.13. The van der Waals surface area contributed by atoms with Gasteiger partial charge in [0.2, 0.25) is 0 Å². The van der Waals surface area contributed by atoms with Crippen molar-refractivity contribution in [1.82, 2.24) is 5.32 Å². The molecule has 1 unspecified atom stereocenters.